The van der Waals surface area contributed by atoms with Crippen LogP contribution < -0.4 is 9.62 Å². The van der Waals surface area contributed by atoms with E-state index in [9.17, 15) is 18.0 Å². The zero-order chi connectivity index (χ0) is 31.9. The maximum absolute atomic E-state index is 14.5. The molecule has 0 aromatic heterocycles. The van der Waals surface area contributed by atoms with Gasteiger partial charge in [0.2, 0.25) is 11.8 Å². The zero-order valence-electron chi connectivity index (χ0n) is 24.8. The molecule has 230 valence electrons. The molecule has 4 aromatic carbocycles. The fraction of sp³-hybridized carbons (Fsp3) is 0.235. The quantitative estimate of drug-likeness (QED) is 0.186. The summed E-state index contributed by atoms with van der Waals surface area (Å²) in [5.74, 6) is -0.889. The highest BCUT2D eigenvalue weighted by Gasteiger charge is 2.35. The van der Waals surface area contributed by atoms with Crippen molar-refractivity contribution in [2.75, 3.05) is 10.8 Å². The number of carbonyl (C=O) groups excluding carboxylic acids is 2. The van der Waals surface area contributed by atoms with Crippen LogP contribution in [0.25, 0.3) is 0 Å². The number of hydrogen-bond acceptors (Lipinski definition) is 4. The molecular formula is C34H35BrClN3O4S. The minimum atomic E-state index is -4.19. The van der Waals surface area contributed by atoms with Crippen LogP contribution >= 0.6 is 27.5 Å². The maximum Gasteiger partial charge on any atom is 0.264 e. The number of nitrogens with one attached hydrogen (secondary N) is 1. The number of rotatable bonds is 11. The monoisotopic (exact) mass is 695 g/mol. The smallest absolute Gasteiger partial charge is 0.264 e. The molecule has 0 heterocycles. The second-order valence-corrected chi connectivity index (χ2v) is 14.6. The van der Waals surface area contributed by atoms with Crippen LogP contribution in [0.3, 0.4) is 0 Å². The first-order valence-electron chi connectivity index (χ1n) is 14.1. The molecule has 0 aliphatic carbocycles. The molecular weight excluding hydrogens is 662 g/mol. The maximum atomic E-state index is 14.5. The molecule has 10 heteroatoms. The second kappa shape index (κ2) is 14.4. The van der Waals surface area contributed by atoms with Crippen LogP contribution in [-0.4, -0.2) is 43.3 Å². The van der Waals surface area contributed by atoms with Crippen molar-refractivity contribution < 1.29 is 18.0 Å². The standard InChI is InChI=1S/C34H35BrClN3O4S/c1-34(2,3)37-33(41)31(21-25-12-6-4-7-13-25)38(23-26-14-10-15-27(35)20-26)32(40)24-39(29-17-11-16-28(36)22-29)44(42,43)30-18-8-5-9-19-30/h4-20,22,31H,21,23-24H2,1-3H3,(H,37,41)/t31-/m1/s1. The van der Waals surface area contributed by atoms with Crippen molar-refractivity contribution in [1.82, 2.24) is 10.2 Å². The van der Waals surface area contributed by atoms with Gasteiger partial charge in [0.25, 0.3) is 10.0 Å². The van der Waals surface area contributed by atoms with Crippen LogP contribution in [-0.2, 0) is 32.6 Å². The SMILES string of the molecule is CC(C)(C)NC(=O)[C@@H](Cc1ccccc1)N(Cc1cccc(Br)c1)C(=O)CN(c1cccc(Cl)c1)S(=O)(=O)c1ccccc1. The summed E-state index contributed by atoms with van der Waals surface area (Å²) in [6, 6.07) is 30.2. The number of carbonyl (C=O) groups is 2. The Hall–Kier alpha value is -3.66. The van der Waals surface area contributed by atoms with Gasteiger partial charge in [-0.1, -0.05) is 94.3 Å². The molecule has 4 rings (SSSR count). The fourth-order valence-corrected chi connectivity index (χ4v) is 6.78. The first-order valence-corrected chi connectivity index (χ1v) is 16.7. The summed E-state index contributed by atoms with van der Waals surface area (Å²) in [5.41, 5.74) is 1.29. The number of amides is 2. The molecule has 4 aromatic rings. The Labute approximate surface area is 273 Å². The van der Waals surface area contributed by atoms with Gasteiger partial charge in [0.05, 0.1) is 10.6 Å². The van der Waals surface area contributed by atoms with Gasteiger partial charge in [-0.05, 0) is 74.4 Å². The first-order chi connectivity index (χ1) is 20.8. The van der Waals surface area contributed by atoms with Gasteiger partial charge in [-0.15, -0.1) is 0 Å². The van der Waals surface area contributed by atoms with Crippen molar-refractivity contribution in [3.05, 3.63) is 130 Å². The highest BCUT2D eigenvalue weighted by molar-refractivity contribution is 9.10. The van der Waals surface area contributed by atoms with E-state index in [1.54, 1.807) is 36.4 Å². The van der Waals surface area contributed by atoms with Crippen molar-refractivity contribution >= 4 is 55.1 Å². The predicted octanol–water partition coefficient (Wildman–Crippen LogP) is 6.85. The van der Waals surface area contributed by atoms with Gasteiger partial charge in [0.15, 0.2) is 0 Å². The van der Waals surface area contributed by atoms with E-state index in [1.807, 2.05) is 75.4 Å². The van der Waals surface area contributed by atoms with E-state index in [0.29, 0.717) is 5.02 Å². The minimum absolute atomic E-state index is 0.0256. The lowest BCUT2D eigenvalue weighted by Gasteiger charge is -2.35. The molecule has 0 spiro atoms. The third kappa shape index (κ3) is 8.94. The van der Waals surface area contributed by atoms with Gasteiger partial charge in [-0.2, -0.15) is 0 Å². The first kappa shape index (κ1) is 33.2. The summed E-state index contributed by atoms with van der Waals surface area (Å²) < 4.78 is 29.9. The summed E-state index contributed by atoms with van der Waals surface area (Å²) in [6.45, 7) is 5.14. The van der Waals surface area contributed by atoms with E-state index in [-0.39, 0.29) is 29.5 Å². The van der Waals surface area contributed by atoms with Gasteiger partial charge in [0.1, 0.15) is 12.6 Å². The number of anilines is 1. The van der Waals surface area contributed by atoms with E-state index in [4.69, 9.17) is 11.6 Å². The molecule has 1 N–H and O–H groups in total. The van der Waals surface area contributed by atoms with Gasteiger partial charge in [-0.25, -0.2) is 8.42 Å². The van der Waals surface area contributed by atoms with Crippen molar-refractivity contribution in [2.45, 2.75) is 50.2 Å². The van der Waals surface area contributed by atoms with E-state index in [1.165, 1.54) is 23.1 Å². The summed E-state index contributed by atoms with van der Waals surface area (Å²) in [6.07, 6.45) is 0.227. The molecule has 1 atom stereocenters. The Balaban J connectivity index is 1.82. The number of hydrogen-bond donors (Lipinski definition) is 1. The highest BCUT2D eigenvalue weighted by Crippen LogP contribution is 2.27. The number of halogens is 2. The lowest BCUT2D eigenvalue weighted by Crippen LogP contribution is -2.56. The second-order valence-electron chi connectivity index (χ2n) is 11.4. The Kier molecular flexibility index (Phi) is 10.9. The average molecular weight is 697 g/mol. The van der Waals surface area contributed by atoms with Crippen molar-refractivity contribution in [1.29, 1.82) is 0 Å². The highest BCUT2D eigenvalue weighted by atomic mass is 79.9. The van der Waals surface area contributed by atoms with Crippen LogP contribution in [0.15, 0.2) is 119 Å². The van der Waals surface area contributed by atoms with Gasteiger partial charge in [0, 0.05) is 28.0 Å². The molecule has 2 amide bonds. The zero-order valence-corrected chi connectivity index (χ0v) is 27.9. The molecule has 0 unspecified atom stereocenters. The summed E-state index contributed by atoms with van der Waals surface area (Å²) in [5, 5.41) is 3.35. The van der Waals surface area contributed by atoms with Gasteiger partial charge < -0.3 is 10.2 Å². The number of sulfonamides is 1. The van der Waals surface area contributed by atoms with Crippen LogP contribution in [0.2, 0.25) is 5.02 Å². The van der Waals surface area contributed by atoms with Crippen molar-refractivity contribution in [3.8, 4) is 0 Å². The molecule has 0 fully saturated rings. The Morgan fingerprint density at radius 3 is 2.07 bits per heavy atom. The van der Waals surface area contributed by atoms with E-state index in [2.05, 4.69) is 21.2 Å². The molecule has 7 nitrogen and oxygen atoms in total. The average Bonchev–Trinajstić information content (AvgIpc) is 2.97. The number of nitrogens with zero attached hydrogens (tertiary/aromatic N) is 2. The fourth-order valence-electron chi connectivity index (χ4n) is 4.72. The van der Waals surface area contributed by atoms with Crippen LogP contribution in [0.1, 0.15) is 31.9 Å². The molecule has 0 radical (unpaired) electrons. The molecule has 0 saturated carbocycles. The third-order valence-electron chi connectivity index (χ3n) is 6.72. The third-order valence-corrected chi connectivity index (χ3v) is 9.23. The topological polar surface area (TPSA) is 86.8 Å². The van der Waals surface area contributed by atoms with Gasteiger partial charge >= 0.3 is 0 Å². The molecule has 44 heavy (non-hydrogen) atoms. The molecule has 0 aliphatic rings. The van der Waals surface area contributed by atoms with E-state index >= 15 is 0 Å². The summed E-state index contributed by atoms with van der Waals surface area (Å²) in [7, 11) is -4.19. The minimum Gasteiger partial charge on any atom is -0.350 e. The lowest BCUT2D eigenvalue weighted by atomic mass is 10.0. The molecule has 0 bridgehead atoms. The summed E-state index contributed by atoms with van der Waals surface area (Å²) >= 11 is 9.77. The van der Waals surface area contributed by atoms with Crippen molar-refractivity contribution in [3.63, 3.8) is 0 Å². The lowest BCUT2D eigenvalue weighted by molar-refractivity contribution is -0.140. The van der Waals surface area contributed by atoms with Crippen LogP contribution in [0.4, 0.5) is 5.69 Å². The largest absolute Gasteiger partial charge is 0.350 e. The van der Waals surface area contributed by atoms with E-state index < -0.39 is 34.1 Å². The normalized spacial score (nSPS) is 12.3. The van der Waals surface area contributed by atoms with Crippen molar-refractivity contribution in [2.24, 2.45) is 0 Å². The van der Waals surface area contributed by atoms with Crippen LogP contribution in [0.5, 0.6) is 0 Å². The Morgan fingerprint density at radius 2 is 1.45 bits per heavy atom. The number of benzene rings is 4. The molecule has 0 saturated heterocycles. The van der Waals surface area contributed by atoms with E-state index in [0.717, 1.165) is 19.9 Å². The molecule has 0 aliphatic heterocycles. The Bertz CT molecular complexity index is 1700. The van der Waals surface area contributed by atoms with Crippen LogP contribution in [0, 0.1) is 0 Å². The van der Waals surface area contributed by atoms with Gasteiger partial charge in [-0.3, -0.25) is 13.9 Å². The predicted molar refractivity (Wildman–Crippen MR) is 179 cm³/mol. The summed E-state index contributed by atoms with van der Waals surface area (Å²) in [4.78, 5) is 29.9. The Morgan fingerprint density at radius 1 is 0.841 bits per heavy atom.